The fraction of sp³-hybridized carbons (Fsp3) is 0.458. The van der Waals surface area contributed by atoms with Crippen molar-refractivity contribution in [2.45, 2.75) is 31.8 Å². The first-order valence-electron chi connectivity index (χ1n) is 11.2. The number of piperazine rings is 1. The summed E-state index contributed by atoms with van der Waals surface area (Å²) in [5, 5.41) is 3.30. The quantitative estimate of drug-likeness (QED) is 0.646. The molecule has 0 unspecified atom stereocenters. The van der Waals surface area contributed by atoms with Gasteiger partial charge in [-0.15, -0.1) is 0 Å². The van der Waals surface area contributed by atoms with E-state index in [2.05, 4.69) is 41.7 Å². The van der Waals surface area contributed by atoms with Gasteiger partial charge in [0, 0.05) is 5.56 Å². The molecule has 30 heavy (non-hydrogen) atoms. The van der Waals surface area contributed by atoms with E-state index >= 15 is 0 Å². The molecule has 0 radical (unpaired) electrons. The van der Waals surface area contributed by atoms with Crippen molar-refractivity contribution in [3.05, 3.63) is 59.2 Å². The zero-order chi connectivity index (χ0) is 20.3. The lowest BCUT2D eigenvalue weighted by molar-refractivity contribution is -1.02. The lowest BCUT2D eigenvalue weighted by atomic mass is 9.88. The number of rotatable bonds is 5. The van der Waals surface area contributed by atoms with E-state index < -0.39 is 0 Å². The summed E-state index contributed by atoms with van der Waals surface area (Å²) < 4.78 is 10.9. The van der Waals surface area contributed by atoms with E-state index in [1.54, 1.807) is 4.90 Å². The maximum absolute atomic E-state index is 12.7. The predicted octanol–water partition coefficient (Wildman–Crippen LogP) is -0.107. The number of hydrogen-bond acceptors (Lipinski definition) is 3. The van der Waals surface area contributed by atoms with Crippen LogP contribution in [0.4, 0.5) is 0 Å². The molecule has 2 aromatic rings. The van der Waals surface area contributed by atoms with E-state index in [4.69, 9.17) is 9.47 Å². The number of quaternary nitrogens is 2. The molecule has 0 spiro atoms. The van der Waals surface area contributed by atoms with Crippen molar-refractivity contribution in [2.24, 2.45) is 0 Å². The maximum Gasteiger partial charge on any atom is 0.275 e. The zero-order valence-electron chi connectivity index (χ0n) is 17.4. The number of nitrogens with one attached hydrogen (secondary N) is 3. The Morgan fingerprint density at radius 1 is 1.00 bits per heavy atom. The Labute approximate surface area is 177 Å². The Hall–Kier alpha value is -2.57. The zero-order valence-corrected chi connectivity index (χ0v) is 17.4. The van der Waals surface area contributed by atoms with Gasteiger partial charge in [-0.05, 0) is 48.6 Å². The lowest BCUT2D eigenvalue weighted by Gasteiger charge is -2.30. The van der Waals surface area contributed by atoms with E-state index in [-0.39, 0.29) is 11.9 Å². The topological polar surface area (TPSA) is 56.4 Å². The standard InChI is InChI=1S/C24H29N3O3/c28-24(25-21-7-3-5-19-4-1-2-6-20(19)21)16-27-12-10-26(11-13-27)15-18-8-9-22-23(14-18)30-17-29-22/h1-2,4,6,8-9,14,21H,3,5,7,10-13,15-17H2,(H,25,28)/p+2/t21-/m0/s1. The third-order valence-corrected chi connectivity index (χ3v) is 6.67. The highest BCUT2D eigenvalue weighted by atomic mass is 16.7. The van der Waals surface area contributed by atoms with Crippen LogP contribution in [0.15, 0.2) is 42.5 Å². The molecule has 1 saturated heterocycles. The molecule has 0 aromatic heterocycles. The Bertz CT molecular complexity index is 908. The minimum absolute atomic E-state index is 0.180. The summed E-state index contributed by atoms with van der Waals surface area (Å²) in [5.41, 5.74) is 3.98. The van der Waals surface area contributed by atoms with E-state index in [1.807, 2.05) is 6.07 Å². The van der Waals surface area contributed by atoms with Gasteiger partial charge in [0.1, 0.15) is 32.7 Å². The highest BCUT2D eigenvalue weighted by Gasteiger charge is 2.27. The first kappa shape index (κ1) is 19.4. The largest absolute Gasteiger partial charge is 0.454 e. The van der Waals surface area contributed by atoms with E-state index in [0.29, 0.717) is 13.3 Å². The summed E-state index contributed by atoms with van der Waals surface area (Å²) in [6.45, 7) is 6.14. The van der Waals surface area contributed by atoms with E-state index in [1.165, 1.54) is 21.6 Å². The number of fused-ring (bicyclic) bond motifs is 2. The molecule has 6 heteroatoms. The summed E-state index contributed by atoms with van der Waals surface area (Å²) in [6.07, 6.45) is 3.32. The van der Waals surface area contributed by atoms with Crippen molar-refractivity contribution in [3.8, 4) is 11.5 Å². The molecule has 1 atom stereocenters. The predicted molar refractivity (Wildman–Crippen MR) is 113 cm³/mol. The molecule has 1 amide bonds. The third kappa shape index (κ3) is 4.30. The summed E-state index contributed by atoms with van der Waals surface area (Å²) >= 11 is 0. The summed E-state index contributed by atoms with van der Waals surface area (Å²) in [5.74, 6) is 1.89. The molecule has 3 aliphatic rings. The van der Waals surface area contributed by atoms with Crippen LogP contribution in [0.3, 0.4) is 0 Å². The van der Waals surface area contributed by atoms with Crippen molar-refractivity contribution in [1.29, 1.82) is 0 Å². The summed E-state index contributed by atoms with van der Waals surface area (Å²) in [7, 11) is 0. The van der Waals surface area contributed by atoms with Crippen LogP contribution in [-0.2, 0) is 17.8 Å². The van der Waals surface area contributed by atoms with Crippen LogP contribution in [0.1, 0.15) is 35.6 Å². The summed E-state index contributed by atoms with van der Waals surface area (Å²) in [6, 6.07) is 15.0. The summed E-state index contributed by atoms with van der Waals surface area (Å²) in [4.78, 5) is 15.7. The number of aryl methyl sites for hydroxylation is 1. The fourth-order valence-corrected chi connectivity index (χ4v) is 5.03. The first-order chi connectivity index (χ1) is 14.7. The van der Waals surface area contributed by atoms with Crippen molar-refractivity contribution >= 4 is 5.91 Å². The highest BCUT2D eigenvalue weighted by molar-refractivity contribution is 5.77. The molecule has 5 rings (SSSR count). The third-order valence-electron chi connectivity index (χ3n) is 6.67. The molecule has 2 heterocycles. The van der Waals surface area contributed by atoms with Gasteiger partial charge in [-0.3, -0.25) is 4.79 Å². The Morgan fingerprint density at radius 3 is 2.70 bits per heavy atom. The minimum Gasteiger partial charge on any atom is -0.454 e. The molecule has 2 aromatic carbocycles. The van der Waals surface area contributed by atoms with Crippen molar-refractivity contribution < 1.29 is 24.1 Å². The van der Waals surface area contributed by atoms with Gasteiger partial charge in [0.15, 0.2) is 18.0 Å². The van der Waals surface area contributed by atoms with Crippen LogP contribution in [0.5, 0.6) is 11.5 Å². The molecule has 0 bridgehead atoms. The molecule has 3 N–H and O–H groups in total. The SMILES string of the molecule is O=C(C[NH+]1CC[NH+](Cc2ccc3c(c2)OCO3)CC1)N[C@H]1CCCc2ccccc21. The molecule has 158 valence electrons. The first-order valence-corrected chi connectivity index (χ1v) is 11.2. The van der Waals surface area contributed by atoms with Gasteiger partial charge in [0.25, 0.3) is 5.91 Å². The molecule has 1 fully saturated rings. The van der Waals surface area contributed by atoms with Crippen LogP contribution in [0.25, 0.3) is 0 Å². The van der Waals surface area contributed by atoms with Crippen LogP contribution in [-0.4, -0.2) is 45.4 Å². The number of carbonyl (C=O) groups excluding carboxylic acids is 1. The number of carbonyl (C=O) groups is 1. The Balaban J connectivity index is 1.09. The number of amides is 1. The van der Waals surface area contributed by atoms with Gasteiger partial charge in [0.2, 0.25) is 6.79 Å². The molecular formula is C24H31N3O3+2. The highest BCUT2D eigenvalue weighted by Crippen LogP contribution is 2.32. The van der Waals surface area contributed by atoms with Gasteiger partial charge < -0.3 is 24.6 Å². The van der Waals surface area contributed by atoms with E-state index in [9.17, 15) is 4.79 Å². The van der Waals surface area contributed by atoms with Gasteiger partial charge >= 0.3 is 0 Å². The van der Waals surface area contributed by atoms with Gasteiger partial charge in [-0.25, -0.2) is 0 Å². The molecular weight excluding hydrogens is 378 g/mol. The monoisotopic (exact) mass is 409 g/mol. The molecule has 0 saturated carbocycles. The number of ether oxygens (including phenoxy) is 2. The second-order valence-electron chi connectivity index (χ2n) is 8.75. The minimum atomic E-state index is 0.180. The van der Waals surface area contributed by atoms with Crippen molar-refractivity contribution in [1.82, 2.24) is 5.32 Å². The van der Waals surface area contributed by atoms with Crippen LogP contribution >= 0.6 is 0 Å². The Morgan fingerprint density at radius 2 is 1.80 bits per heavy atom. The fourth-order valence-electron chi connectivity index (χ4n) is 5.03. The number of hydrogen-bond donors (Lipinski definition) is 3. The maximum atomic E-state index is 12.7. The number of benzene rings is 2. The van der Waals surface area contributed by atoms with Crippen LogP contribution < -0.4 is 24.6 Å². The van der Waals surface area contributed by atoms with Gasteiger partial charge in [-0.1, -0.05) is 24.3 Å². The average molecular weight is 410 g/mol. The normalized spacial score (nSPS) is 24.9. The van der Waals surface area contributed by atoms with E-state index in [0.717, 1.165) is 63.5 Å². The van der Waals surface area contributed by atoms with Crippen LogP contribution in [0, 0.1) is 0 Å². The Kier molecular flexibility index (Phi) is 5.60. The van der Waals surface area contributed by atoms with Crippen LogP contribution in [0.2, 0.25) is 0 Å². The second-order valence-corrected chi connectivity index (χ2v) is 8.75. The average Bonchev–Trinajstić information content (AvgIpc) is 3.23. The lowest BCUT2D eigenvalue weighted by Crippen LogP contribution is -3.28. The van der Waals surface area contributed by atoms with Gasteiger partial charge in [-0.2, -0.15) is 0 Å². The smallest absolute Gasteiger partial charge is 0.275 e. The van der Waals surface area contributed by atoms with Gasteiger partial charge in [0.05, 0.1) is 6.04 Å². The molecule has 1 aliphatic carbocycles. The molecule has 6 nitrogen and oxygen atoms in total. The second kappa shape index (κ2) is 8.66. The van der Waals surface area contributed by atoms with Crippen molar-refractivity contribution in [2.75, 3.05) is 39.5 Å². The molecule has 2 aliphatic heterocycles. The van der Waals surface area contributed by atoms with Crippen molar-refractivity contribution in [3.63, 3.8) is 0 Å².